The predicted molar refractivity (Wildman–Crippen MR) is 68.8 cm³/mol. The lowest BCUT2D eigenvalue weighted by molar-refractivity contribution is -0.150. The van der Waals surface area contributed by atoms with Gasteiger partial charge in [0.1, 0.15) is 5.54 Å². The van der Waals surface area contributed by atoms with Gasteiger partial charge in [0.2, 0.25) is 5.91 Å². The second kappa shape index (κ2) is 6.18. The first-order valence-electron chi connectivity index (χ1n) is 6.58. The molecule has 1 aliphatic carbocycles. The summed E-state index contributed by atoms with van der Waals surface area (Å²) in [5, 5.41) is 2.77. The zero-order chi connectivity index (χ0) is 13.8. The molecule has 0 spiro atoms. The Morgan fingerprint density at radius 3 is 2.56 bits per heavy atom. The number of ether oxygens (including phenoxy) is 1. The standard InChI is InChI=1S/C13H24N2O3/c1-4-13(2,12(17)18-3)15-11(16)8-9-6-5-7-10(9)14/h9-10H,4-8,14H2,1-3H3,(H,15,16)/t9-,10+,13?/m0/s1. The minimum Gasteiger partial charge on any atom is -0.467 e. The van der Waals surface area contributed by atoms with Crippen LogP contribution >= 0.6 is 0 Å². The summed E-state index contributed by atoms with van der Waals surface area (Å²) in [6, 6.07) is 0.113. The SMILES string of the molecule is CCC(C)(NC(=O)C[C@@H]1CCC[C@H]1N)C(=O)OC. The fourth-order valence-corrected chi connectivity index (χ4v) is 2.42. The van der Waals surface area contributed by atoms with Gasteiger partial charge in [-0.3, -0.25) is 4.79 Å². The summed E-state index contributed by atoms with van der Waals surface area (Å²) in [5.74, 6) is -0.287. The molecule has 104 valence electrons. The van der Waals surface area contributed by atoms with Gasteiger partial charge >= 0.3 is 5.97 Å². The van der Waals surface area contributed by atoms with Crippen LogP contribution in [0.15, 0.2) is 0 Å². The van der Waals surface area contributed by atoms with Crippen LogP contribution in [-0.4, -0.2) is 30.6 Å². The molecule has 5 heteroatoms. The van der Waals surface area contributed by atoms with Crippen molar-refractivity contribution < 1.29 is 14.3 Å². The Morgan fingerprint density at radius 2 is 2.11 bits per heavy atom. The number of esters is 1. The highest BCUT2D eigenvalue weighted by molar-refractivity contribution is 5.87. The molecule has 0 aromatic heterocycles. The molecular weight excluding hydrogens is 232 g/mol. The molecular formula is C13H24N2O3. The summed E-state index contributed by atoms with van der Waals surface area (Å²) >= 11 is 0. The van der Waals surface area contributed by atoms with E-state index in [2.05, 4.69) is 5.32 Å². The van der Waals surface area contributed by atoms with Crippen molar-refractivity contribution in [1.82, 2.24) is 5.32 Å². The number of nitrogens with one attached hydrogen (secondary N) is 1. The molecule has 0 bridgehead atoms. The highest BCUT2D eigenvalue weighted by atomic mass is 16.5. The van der Waals surface area contributed by atoms with Crippen LogP contribution in [-0.2, 0) is 14.3 Å². The van der Waals surface area contributed by atoms with Crippen LogP contribution in [0.3, 0.4) is 0 Å². The molecule has 3 atom stereocenters. The van der Waals surface area contributed by atoms with Crippen molar-refractivity contribution in [2.45, 2.75) is 57.5 Å². The fourth-order valence-electron chi connectivity index (χ4n) is 2.42. The molecule has 3 N–H and O–H groups in total. The van der Waals surface area contributed by atoms with Gasteiger partial charge in [0.25, 0.3) is 0 Å². The number of rotatable bonds is 5. The quantitative estimate of drug-likeness (QED) is 0.718. The highest BCUT2D eigenvalue weighted by Crippen LogP contribution is 2.27. The van der Waals surface area contributed by atoms with E-state index in [4.69, 9.17) is 10.5 Å². The maximum absolute atomic E-state index is 12.0. The number of amides is 1. The summed E-state index contributed by atoms with van der Waals surface area (Å²) in [5.41, 5.74) is 5.00. The van der Waals surface area contributed by atoms with Gasteiger partial charge in [-0.2, -0.15) is 0 Å². The monoisotopic (exact) mass is 256 g/mol. The average Bonchev–Trinajstić information content (AvgIpc) is 2.73. The van der Waals surface area contributed by atoms with E-state index < -0.39 is 11.5 Å². The molecule has 0 saturated heterocycles. The predicted octanol–water partition coefficient (Wildman–Crippen LogP) is 0.962. The Balaban J connectivity index is 2.54. The lowest BCUT2D eigenvalue weighted by Crippen LogP contribution is -2.52. The topological polar surface area (TPSA) is 81.4 Å². The average molecular weight is 256 g/mol. The molecule has 0 aromatic rings. The van der Waals surface area contributed by atoms with Crippen molar-refractivity contribution in [2.24, 2.45) is 11.7 Å². The third kappa shape index (κ3) is 3.45. The van der Waals surface area contributed by atoms with Gasteiger partial charge in [-0.05, 0) is 32.1 Å². The van der Waals surface area contributed by atoms with Crippen LogP contribution in [0.2, 0.25) is 0 Å². The van der Waals surface area contributed by atoms with Gasteiger partial charge in [-0.1, -0.05) is 13.3 Å². The van der Waals surface area contributed by atoms with Crippen LogP contribution in [0.1, 0.15) is 46.0 Å². The van der Waals surface area contributed by atoms with Crippen LogP contribution in [0, 0.1) is 5.92 Å². The Bertz CT molecular complexity index is 319. The minimum atomic E-state index is -0.936. The maximum atomic E-state index is 12.0. The normalized spacial score (nSPS) is 26.4. The fraction of sp³-hybridized carbons (Fsp3) is 0.846. The second-order valence-electron chi connectivity index (χ2n) is 5.28. The van der Waals surface area contributed by atoms with Crippen molar-refractivity contribution in [1.29, 1.82) is 0 Å². The molecule has 1 rings (SSSR count). The zero-order valence-corrected chi connectivity index (χ0v) is 11.5. The van der Waals surface area contributed by atoms with Crippen molar-refractivity contribution in [3.05, 3.63) is 0 Å². The summed E-state index contributed by atoms with van der Waals surface area (Å²) in [4.78, 5) is 23.6. The summed E-state index contributed by atoms with van der Waals surface area (Å²) in [6.45, 7) is 3.53. The summed E-state index contributed by atoms with van der Waals surface area (Å²) < 4.78 is 4.72. The summed E-state index contributed by atoms with van der Waals surface area (Å²) in [6.07, 6.45) is 3.96. The molecule has 1 saturated carbocycles. The lowest BCUT2D eigenvalue weighted by atomic mass is 9.96. The van der Waals surface area contributed by atoms with Crippen molar-refractivity contribution in [3.8, 4) is 0 Å². The molecule has 1 unspecified atom stereocenters. The van der Waals surface area contributed by atoms with E-state index in [1.54, 1.807) is 6.92 Å². The molecule has 1 fully saturated rings. The highest BCUT2D eigenvalue weighted by Gasteiger charge is 2.35. The Labute approximate surface area is 108 Å². The number of hydrogen-bond donors (Lipinski definition) is 2. The molecule has 18 heavy (non-hydrogen) atoms. The lowest BCUT2D eigenvalue weighted by Gasteiger charge is -2.27. The van der Waals surface area contributed by atoms with E-state index in [0.29, 0.717) is 12.8 Å². The molecule has 5 nitrogen and oxygen atoms in total. The third-order valence-electron chi connectivity index (χ3n) is 3.92. The maximum Gasteiger partial charge on any atom is 0.331 e. The van der Waals surface area contributed by atoms with E-state index in [1.807, 2.05) is 6.92 Å². The van der Waals surface area contributed by atoms with Gasteiger partial charge in [0, 0.05) is 12.5 Å². The van der Waals surface area contributed by atoms with Crippen molar-refractivity contribution in [3.63, 3.8) is 0 Å². The molecule has 1 amide bonds. The van der Waals surface area contributed by atoms with Gasteiger partial charge < -0.3 is 15.8 Å². The summed E-state index contributed by atoms with van der Waals surface area (Å²) in [7, 11) is 1.33. The molecule has 0 radical (unpaired) electrons. The first kappa shape index (κ1) is 15.0. The van der Waals surface area contributed by atoms with Crippen molar-refractivity contribution in [2.75, 3.05) is 7.11 Å². The molecule has 0 aromatic carbocycles. The van der Waals surface area contributed by atoms with Gasteiger partial charge in [0.15, 0.2) is 0 Å². The Hall–Kier alpha value is -1.10. The van der Waals surface area contributed by atoms with Crippen molar-refractivity contribution >= 4 is 11.9 Å². The van der Waals surface area contributed by atoms with Gasteiger partial charge in [0.05, 0.1) is 7.11 Å². The minimum absolute atomic E-state index is 0.113. The Kier molecular flexibility index (Phi) is 5.14. The number of nitrogens with two attached hydrogens (primary N) is 1. The van der Waals surface area contributed by atoms with E-state index in [9.17, 15) is 9.59 Å². The smallest absolute Gasteiger partial charge is 0.331 e. The number of carbonyl (C=O) groups is 2. The van der Waals surface area contributed by atoms with Gasteiger partial charge in [-0.15, -0.1) is 0 Å². The number of carbonyl (C=O) groups excluding carboxylic acids is 2. The van der Waals surface area contributed by atoms with Crippen LogP contribution in [0.25, 0.3) is 0 Å². The van der Waals surface area contributed by atoms with E-state index in [1.165, 1.54) is 7.11 Å². The largest absolute Gasteiger partial charge is 0.467 e. The molecule has 0 heterocycles. The van der Waals surface area contributed by atoms with E-state index >= 15 is 0 Å². The van der Waals surface area contributed by atoms with E-state index in [0.717, 1.165) is 19.3 Å². The second-order valence-corrected chi connectivity index (χ2v) is 5.28. The number of hydrogen-bond acceptors (Lipinski definition) is 4. The zero-order valence-electron chi connectivity index (χ0n) is 11.5. The van der Waals surface area contributed by atoms with E-state index in [-0.39, 0.29) is 17.9 Å². The van der Waals surface area contributed by atoms with Crippen LogP contribution < -0.4 is 11.1 Å². The molecule has 1 aliphatic rings. The van der Waals surface area contributed by atoms with Crippen LogP contribution in [0.4, 0.5) is 0 Å². The van der Waals surface area contributed by atoms with Crippen LogP contribution in [0.5, 0.6) is 0 Å². The first-order valence-corrected chi connectivity index (χ1v) is 6.58. The first-order chi connectivity index (χ1) is 8.42. The van der Waals surface area contributed by atoms with Gasteiger partial charge in [-0.25, -0.2) is 4.79 Å². The third-order valence-corrected chi connectivity index (χ3v) is 3.92. The number of methoxy groups -OCH3 is 1. The molecule has 0 aliphatic heterocycles. The Morgan fingerprint density at radius 1 is 1.44 bits per heavy atom.